The number of nitrogens with two attached hydrogens (primary N) is 1. The fourth-order valence-electron chi connectivity index (χ4n) is 1.83. The maximum atomic E-state index is 12.3. The van der Waals surface area contributed by atoms with Crippen molar-refractivity contribution >= 4 is 40.5 Å². The smallest absolute Gasteiger partial charge is 0.256 e. The second kappa shape index (κ2) is 5.69. The van der Waals surface area contributed by atoms with Crippen LogP contribution in [0, 0.1) is 13.8 Å². The molecule has 2 rings (SSSR count). The van der Waals surface area contributed by atoms with Crippen molar-refractivity contribution in [3.8, 4) is 0 Å². The van der Waals surface area contributed by atoms with Crippen LogP contribution in [0.3, 0.4) is 0 Å². The van der Waals surface area contributed by atoms with Crippen molar-refractivity contribution in [2.24, 2.45) is 0 Å². The number of nitrogens with one attached hydrogen (secondary N) is 1. The first-order valence-electron chi connectivity index (χ1n) is 5.89. The van der Waals surface area contributed by atoms with Gasteiger partial charge in [0.25, 0.3) is 5.91 Å². The van der Waals surface area contributed by atoms with E-state index in [4.69, 9.17) is 28.9 Å². The van der Waals surface area contributed by atoms with Gasteiger partial charge in [-0.25, -0.2) is 4.98 Å². The molecular weight excluding hydrogens is 297 g/mol. The van der Waals surface area contributed by atoms with Gasteiger partial charge in [0, 0.05) is 11.3 Å². The summed E-state index contributed by atoms with van der Waals surface area (Å²) < 4.78 is 0. The van der Waals surface area contributed by atoms with Gasteiger partial charge < -0.3 is 11.1 Å². The molecule has 3 N–H and O–H groups in total. The number of pyridine rings is 1. The Kier molecular flexibility index (Phi) is 4.16. The predicted molar refractivity (Wildman–Crippen MR) is 82.5 cm³/mol. The highest BCUT2D eigenvalue weighted by Gasteiger charge is 2.15. The van der Waals surface area contributed by atoms with E-state index in [9.17, 15) is 4.79 Å². The number of rotatable bonds is 2. The highest BCUT2D eigenvalue weighted by atomic mass is 35.5. The van der Waals surface area contributed by atoms with Crippen LogP contribution < -0.4 is 11.1 Å². The van der Waals surface area contributed by atoms with Gasteiger partial charge in [0.05, 0.1) is 5.69 Å². The number of nitrogen functional groups attached to an aromatic ring is 1. The standard InChI is InChI=1S/C14H13Cl2N3O/c1-7-6-11(15)18-13(16)12(7)19-14(20)9-4-3-5-10(17)8(9)2/h3-6H,17H2,1-2H3,(H,19,20). The minimum atomic E-state index is -0.288. The lowest BCUT2D eigenvalue weighted by Gasteiger charge is -2.12. The normalized spacial score (nSPS) is 10.4. The van der Waals surface area contributed by atoms with Gasteiger partial charge in [-0.05, 0) is 43.2 Å². The van der Waals surface area contributed by atoms with E-state index < -0.39 is 0 Å². The van der Waals surface area contributed by atoms with Gasteiger partial charge in [-0.3, -0.25) is 4.79 Å². The average Bonchev–Trinajstić information content (AvgIpc) is 2.36. The van der Waals surface area contributed by atoms with Gasteiger partial charge in [-0.15, -0.1) is 0 Å². The lowest BCUT2D eigenvalue weighted by Crippen LogP contribution is -2.15. The van der Waals surface area contributed by atoms with E-state index in [0.29, 0.717) is 16.9 Å². The summed E-state index contributed by atoms with van der Waals surface area (Å²) in [7, 11) is 0. The van der Waals surface area contributed by atoms with E-state index >= 15 is 0 Å². The number of nitrogens with zero attached hydrogens (tertiary/aromatic N) is 1. The van der Waals surface area contributed by atoms with Gasteiger partial charge in [0.2, 0.25) is 0 Å². The summed E-state index contributed by atoms with van der Waals surface area (Å²) in [4.78, 5) is 16.2. The summed E-state index contributed by atoms with van der Waals surface area (Å²) in [5.41, 5.74) is 8.77. The van der Waals surface area contributed by atoms with Crippen molar-refractivity contribution in [3.63, 3.8) is 0 Å². The third-order valence-electron chi connectivity index (χ3n) is 3.00. The van der Waals surface area contributed by atoms with Crippen LogP contribution >= 0.6 is 23.2 Å². The van der Waals surface area contributed by atoms with Crippen molar-refractivity contribution in [2.45, 2.75) is 13.8 Å². The van der Waals surface area contributed by atoms with Gasteiger partial charge in [-0.2, -0.15) is 0 Å². The molecule has 20 heavy (non-hydrogen) atoms. The SMILES string of the molecule is Cc1cc(Cl)nc(Cl)c1NC(=O)c1cccc(N)c1C. The number of hydrogen-bond donors (Lipinski definition) is 2. The number of hydrogen-bond acceptors (Lipinski definition) is 3. The molecule has 0 fully saturated rings. The van der Waals surface area contributed by atoms with Gasteiger partial charge in [0.1, 0.15) is 5.15 Å². The average molecular weight is 310 g/mol. The predicted octanol–water partition coefficient (Wildman–Crippen LogP) is 3.84. The lowest BCUT2D eigenvalue weighted by molar-refractivity contribution is 0.102. The van der Waals surface area contributed by atoms with Crippen LogP contribution in [0.4, 0.5) is 11.4 Å². The summed E-state index contributed by atoms with van der Waals surface area (Å²) in [6.45, 7) is 3.58. The molecule has 0 aliphatic rings. The second-order valence-corrected chi connectivity index (χ2v) is 5.15. The van der Waals surface area contributed by atoms with Crippen molar-refractivity contribution < 1.29 is 4.79 Å². The molecule has 0 aliphatic carbocycles. The molecule has 0 saturated heterocycles. The molecule has 0 atom stereocenters. The van der Waals surface area contributed by atoms with Gasteiger partial charge in [-0.1, -0.05) is 29.3 Å². The van der Waals surface area contributed by atoms with Crippen molar-refractivity contribution in [1.82, 2.24) is 4.98 Å². The molecule has 4 nitrogen and oxygen atoms in total. The molecule has 6 heteroatoms. The van der Waals surface area contributed by atoms with Crippen molar-refractivity contribution in [2.75, 3.05) is 11.1 Å². The highest BCUT2D eigenvalue weighted by Crippen LogP contribution is 2.27. The first-order valence-corrected chi connectivity index (χ1v) is 6.65. The molecule has 1 heterocycles. The zero-order valence-corrected chi connectivity index (χ0v) is 12.5. The maximum absolute atomic E-state index is 12.3. The Bertz CT molecular complexity index is 663. The number of aromatic nitrogens is 1. The van der Waals surface area contributed by atoms with E-state index in [1.54, 1.807) is 38.1 Å². The van der Waals surface area contributed by atoms with E-state index in [-0.39, 0.29) is 16.2 Å². The van der Waals surface area contributed by atoms with Crippen LogP contribution in [0.2, 0.25) is 10.3 Å². The van der Waals surface area contributed by atoms with Crippen LogP contribution in [-0.2, 0) is 0 Å². The number of amides is 1. The first-order chi connectivity index (χ1) is 9.40. The van der Waals surface area contributed by atoms with Gasteiger partial charge in [0.15, 0.2) is 5.15 Å². The molecule has 0 aliphatic heterocycles. The second-order valence-electron chi connectivity index (χ2n) is 4.40. The molecule has 0 unspecified atom stereocenters. The Hall–Kier alpha value is -1.78. The summed E-state index contributed by atoms with van der Waals surface area (Å²) in [6.07, 6.45) is 0. The molecule has 0 bridgehead atoms. The molecule has 0 radical (unpaired) electrons. The molecule has 1 amide bonds. The topological polar surface area (TPSA) is 68.0 Å². The third kappa shape index (κ3) is 2.86. The quantitative estimate of drug-likeness (QED) is 0.654. The van der Waals surface area contributed by atoms with Crippen LogP contribution in [0.5, 0.6) is 0 Å². The van der Waals surface area contributed by atoms with Crippen LogP contribution in [0.1, 0.15) is 21.5 Å². The van der Waals surface area contributed by atoms with E-state index in [2.05, 4.69) is 10.3 Å². The Labute approximate surface area is 126 Å². The van der Waals surface area contributed by atoms with Crippen LogP contribution in [0.25, 0.3) is 0 Å². The summed E-state index contributed by atoms with van der Waals surface area (Å²) in [5.74, 6) is -0.288. The van der Waals surface area contributed by atoms with Crippen LogP contribution in [0.15, 0.2) is 24.3 Å². The number of carbonyl (C=O) groups is 1. The van der Waals surface area contributed by atoms with Crippen molar-refractivity contribution in [1.29, 1.82) is 0 Å². The van der Waals surface area contributed by atoms with E-state index in [1.807, 2.05) is 0 Å². The largest absolute Gasteiger partial charge is 0.398 e. The minimum Gasteiger partial charge on any atom is -0.398 e. The number of carbonyl (C=O) groups excluding carboxylic acids is 1. The zero-order valence-electron chi connectivity index (χ0n) is 11.0. The molecular formula is C14H13Cl2N3O. The molecule has 1 aromatic heterocycles. The first kappa shape index (κ1) is 14.6. The van der Waals surface area contributed by atoms with Crippen LogP contribution in [-0.4, -0.2) is 10.9 Å². The van der Waals surface area contributed by atoms with E-state index in [0.717, 1.165) is 11.1 Å². The third-order valence-corrected chi connectivity index (χ3v) is 3.47. The Balaban J connectivity index is 2.36. The van der Waals surface area contributed by atoms with Crippen molar-refractivity contribution in [3.05, 3.63) is 51.3 Å². The summed E-state index contributed by atoms with van der Waals surface area (Å²) in [5, 5.41) is 3.18. The molecule has 0 spiro atoms. The lowest BCUT2D eigenvalue weighted by atomic mass is 10.1. The maximum Gasteiger partial charge on any atom is 0.256 e. The van der Waals surface area contributed by atoms with E-state index in [1.165, 1.54) is 0 Å². The highest BCUT2D eigenvalue weighted by molar-refractivity contribution is 6.35. The Morgan fingerprint density at radius 1 is 1.30 bits per heavy atom. The molecule has 1 aromatic carbocycles. The zero-order chi connectivity index (χ0) is 14.9. The number of halogens is 2. The number of anilines is 2. The molecule has 104 valence electrons. The summed E-state index contributed by atoms with van der Waals surface area (Å²) >= 11 is 11.8. The Morgan fingerprint density at radius 3 is 2.65 bits per heavy atom. The van der Waals surface area contributed by atoms with Gasteiger partial charge >= 0.3 is 0 Å². The Morgan fingerprint density at radius 2 is 2.00 bits per heavy atom. The summed E-state index contributed by atoms with van der Waals surface area (Å²) in [6, 6.07) is 6.81. The fourth-order valence-corrected chi connectivity index (χ4v) is 2.40. The fraction of sp³-hybridized carbons (Fsp3) is 0.143. The number of benzene rings is 1. The molecule has 0 saturated carbocycles. The number of aryl methyl sites for hydroxylation is 1. The monoisotopic (exact) mass is 309 g/mol. The molecule has 2 aromatic rings. The minimum absolute atomic E-state index is 0.157.